The summed E-state index contributed by atoms with van der Waals surface area (Å²) in [6, 6.07) is 0. The summed E-state index contributed by atoms with van der Waals surface area (Å²) >= 11 is 6.80. The Morgan fingerprint density at radius 2 is 1.94 bits per heavy atom. The third-order valence-electron chi connectivity index (χ3n) is 2.42. The molecule has 0 N–H and O–H groups in total. The highest BCUT2D eigenvalue weighted by Gasteiger charge is 2.38. The van der Waals surface area contributed by atoms with Gasteiger partial charge < -0.3 is 4.90 Å². The Bertz CT molecular complexity index is 434. The van der Waals surface area contributed by atoms with Crippen LogP contribution < -0.4 is 4.90 Å². The summed E-state index contributed by atoms with van der Waals surface area (Å²) in [5, 5.41) is -0.321. The normalized spacial score (nSPS) is 15.9. The lowest BCUT2D eigenvalue weighted by Crippen LogP contribution is -2.38. The van der Waals surface area contributed by atoms with Crippen LogP contribution in [-0.4, -0.2) is 29.3 Å². The molecule has 1 aromatic heterocycles. The highest BCUT2D eigenvalue weighted by Crippen LogP contribution is 2.39. The van der Waals surface area contributed by atoms with E-state index in [4.69, 9.17) is 11.6 Å². The number of thioether (sulfide) groups is 1. The maximum absolute atomic E-state index is 12.7. The molecule has 1 fully saturated rings. The Hall–Kier alpha value is -0.690. The SMILES string of the molecule is CSc1nc(N2CCC2)c(Cl)c(C(F)(F)F)n1. The van der Waals surface area contributed by atoms with Gasteiger partial charge in [-0.1, -0.05) is 23.4 Å². The molecule has 3 nitrogen and oxygen atoms in total. The minimum atomic E-state index is -4.55. The van der Waals surface area contributed by atoms with Crippen molar-refractivity contribution in [3.05, 3.63) is 10.7 Å². The van der Waals surface area contributed by atoms with E-state index in [0.29, 0.717) is 13.1 Å². The van der Waals surface area contributed by atoms with Gasteiger partial charge in [0.25, 0.3) is 0 Å². The molecular weight excluding hydrogens is 275 g/mol. The van der Waals surface area contributed by atoms with E-state index in [0.717, 1.165) is 18.2 Å². The first-order valence-electron chi connectivity index (χ1n) is 4.87. The summed E-state index contributed by atoms with van der Waals surface area (Å²) in [5.41, 5.74) is -1.06. The molecule has 1 aliphatic rings. The fraction of sp³-hybridized carbons (Fsp3) is 0.556. The second-order valence-corrected chi connectivity index (χ2v) is 4.69. The molecule has 0 aromatic carbocycles. The van der Waals surface area contributed by atoms with Crippen molar-refractivity contribution in [2.45, 2.75) is 17.8 Å². The molecule has 0 atom stereocenters. The van der Waals surface area contributed by atoms with Crippen molar-refractivity contribution in [3.8, 4) is 0 Å². The van der Waals surface area contributed by atoms with Gasteiger partial charge in [-0.3, -0.25) is 0 Å². The van der Waals surface area contributed by atoms with E-state index in [1.54, 1.807) is 11.2 Å². The number of hydrogen-bond acceptors (Lipinski definition) is 4. The molecule has 1 aromatic rings. The van der Waals surface area contributed by atoms with Gasteiger partial charge in [0.2, 0.25) is 0 Å². The first kappa shape index (κ1) is 12.8. The lowest BCUT2D eigenvalue weighted by Gasteiger charge is -2.33. The maximum Gasteiger partial charge on any atom is 0.435 e. The Morgan fingerprint density at radius 3 is 2.35 bits per heavy atom. The number of hydrogen-bond donors (Lipinski definition) is 0. The molecule has 2 heterocycles. The quantitative estimate of drug-likeness (QED) is 0.616. The van der Waals surface area contributed by atoms with Crippen molar-refractivity contribution in [1.82, 2.24) is 9.97 Å². The summed E-state index contributed by atoms with van der Waals surface area (Å²) in [6.45, 7) is 1.36. The Morgan fingerprint density at radius 1 is 1.29 bits per heavy atom. The summed E-state index contributed by atoms with van der Waals surface area (Å²) in [4.78, 5) is 9.19. The maximum atomic E-state index is 12.7. The lowest BCUT2D eigenvalue weighted by atomic mass is 10.2. The number of anilines is 1. The standard InChI is InChI=1S/C9H9ClF3N3S/c1-17-8-14-6(9(11,12)13)5(10)7(15-8)16-3-2-4-16/h2-4H2,1H3. The minimum absolute atomic E-state index is 0.0867. The van der Waals surface area contributed by atoms with Crippen LogP contribution in [0.5, 0.6) is 0 Å². The molecule has 1 saturated heterocycles. The van der Waals surface area contributed by atoms with Gasteiger partial charge in [-0.25, -0.2) is 9.97 Å². The number of rotatable bonds is 2. The van der Waals surface area contributed by atoms with Crippen LogP contribution >= 0.6 is 23.4 Å². The molecule has 0 amide bonds. The number of halogens is 4. The van der Waals surface area contributed by atoms with Crippen LogP contribution in [0, 0.1) is 0 Å². The molecule has 0 aliphatic carbocycles. The second kappa shape index (κ2) is 4.53. The largest absolute Gasteiger partial charge is 0.435 e. The molecule has 0 saturated carbocycles. The number of nitrogens with zero attached hydrogens (tertiary/aromatic N) is 3. The van der Waals surface area contributed by atoms with E-state index >= 15 is 0 Å². The topological polar surface area (TPSA) is 29.0 Å². The average molecular weight is 284 g/mol. The van der Waals surface area contributed by atoms with Crippen LogP contribution in [0.2, 0.25) is 5.02 Å². The van der Waals surface area contributed by atoms with Crippen molar-refractivity contribution in [3.63, 3.8) is 0 Å². The zero-order chi connectivity index (χ0) is 12.6. The predicted molar refractivity (Wildman–Crippen MR) is 60.7 cm³/mol. The van der Waals surface area contributed by atoms with Crippen molar-refractivity contribution in [2.24, 2.45) is 0 Å². The number of aromatic nitrogens is 2. The fourth-order valence-corrected chi connectivity index (χ4v) is 2.10. The minimum Gasteiger partial charge on any atom is -0.355 e. The predicted octanol–water partition coefficient (Wildman–Crippen LogP) is 3.08. The van der Waals surface area contributed by atoms with Crippen LogP contribution in [0.15, 0.2) is 5.16 Å². The third-order valence-corrected chi connectivity index (χ3v) is 3.32. The van der Waals surface area contributed by atoms with E-state index in [2.05, 4.69) is 9.97 Å². The Balaban J connectivity index is 2.51. The van der Waals surface area contributed by atoms with E-state index in [1.165, 1.54) is 0 Å². The van der Waals surface area contributed by atoms with Gasteiger partial charge in [0.1, 0.15) is 5.02 Å². The second-order valence-electron chi connectivity index (χ2n) is 3.53. The smallest absolute Gasteiger partial charge is 0.355 e. The van der Waals surface area contributed by atoms with E-state index < -0.39 is 16.9 Å². The summed E-state index contributed by atoms with van der Waals surface area (Å²) in [6.07, 6.45) is -1.98. The monoisotopic (exact) mass is 283 g/mol. The van der Waals surface area contributed by atoms with Crippen molar-refractivity contribution >= 4 is 29.2 Å². The molecule has 17 heavy (non-hydrogen) atoms. The highest BCUT2D eigenvalue weighted by molar-refractivity contribution is 7.98. The van der Waals surface area contributed by atoms with Crippen molar-refractivity contribution < 1.29 is 13.2 Å². The van der Waals surface area contributed by atoms with Crippen LogP contribution in [-0.2, 0) is 6.18 Å². The summed E-state index contributed by atoms with van der Waals surface area (Å²) in [5.74, 6) is 0.185. The number of alkyl halides is 3. The van der Waals surface area contributed by atoms with Gasteiger partial charge in [0, 0.05) is 13.1 Å². The molecular formula is C9H9ClF3N3S. The zero-order valence-corrected chi connectivity index (χ0v) is 10.5. The lowest BCUT2D eigenvalue weighted by molar-refractivity contribution is -0.141. The van der Waals surface area contributed by atoms with Crippen LogP contribution in [0.25, 0.3) is 0 Å². The van der Waals surface area contributed by atoms with Gasteiger partial charge in [0.15, 0.2) is 16.7 Å². The van der Waals surface area contributed by atoms with Gasteiger partial charge in [-0.15, -0.1) is 0 Å². The third kappa shape index (κ3) is 2.44. The van der Waals surface area contributed by atoms with E-state index in [-0.39, 0.29) is 11.0 Å². The Labute approximate surface area is 105 Å². The molecule has 2 rings (SSSR count). The zero-order valence-electron chi connectivity index (χ0n) is 8.88. The first-order valence-corrected chi connectivity index (χ1v) is 6.47. The summed E-state index contributed by atoms with van der Waals surface area (Å²) < 4.78 is 38.2. The first-order chi connectivity index (χ1) is 7.93. The fourth-order valence-electron chi connectivity index (χ4n) is 1.43. The molecule has 0 bridgehead atoms. The molecule has 8 heteroatoms. The average Bonchev–Trinajstić information content (AvgIpc) is 2.16. The Kier molecular flexibility index (Phi) is 3.40. The van der Waals surface area contributed by atoms with Crippen molar-refractivity contribution in [1.29, 1.82) is 0 Å². The van der Waals surface area contributed by atoms with Gasteiger partial charge in [-0.05, 0) is 12.7 Å². The van der Waals surface area contributed by atoms with Crippen molar-refractivity contribution in [2.75, 3.05) is 24.2 Å². The molecule has 0 unspecified atom stereocenters. The molecule has 0 spiro atoms. The molecule has 0 radical (unpaired) electrons. The van der Waals surface area contributed by atoms with E-state index in [9.17, 15) is 13.2 Å². The molecule has 1 aliphatic heterocycles. The van der Waals surface area contributed by atoms with Gasteiger partial charge >= 0.3 is 6.18 Å². The van der Waals surface area contributed by atoms with E-state index in [1.807, 2.05) is 0 Å². The highest BCUT2D eigenvalue weighted by atomic mass is 35.5. The van der Waals surface area contributed by atoms with Crippen LogP contribution in [0.3, 0.4) is 0 Å². The van der Waals surface area contributed by atoms with Crippen LogP contribution in [0.1, 0.15) is 12.1 Å². The van der Waals surface area contributed by atoms with Crippen LogP contribution in [0.4, 0.5) is 19.0 Å². The molecule has 94 valence electrons. The van der Waals surface area contributed by atoms with Gasteiger partial charge in [-0.2, -0.15) is 13.2 Å². The summed E-state index contributed by atoms with van der Waals surface area (Å²) in [7, 11) is 0. The van der Waals surface area contributed by atoms with Gasteiger partial charge in [0.05, 0.1) is 0 Å².